The quantitative estimate of drug-likeness (QED) is 0.838. The number of benzene rings is 1. The molecule has 130 valence electrons. The molecule has 0 aliphatic carbocycles. The second kappa shape index (κ2) is 7.19. The molecule has 0 saturated heterocycles. The Morgan fingerprint density at radius 1 is 1.12 bits per heavy atom. The summed E-state index contributed by atoms with van der Waals surface area (Å²) < 4.78 is 27.2. The number of aryl methyl sites for hydroxylation is 1. The van der Waals surface area contributed by atoms with Crippen molar-refractivity contribution in [2.24, 2.45) is 0 Å². The third-order valence-corrected chi connectivity index (χ3v) is 5.13. The maximum Gasteiger partial charge on any atom is 0.301 e. The van der Waals surface area contributed by atoms with E-state index in [1.54, 1.807) is 12.1 Å². The van der Waals surface area contributed by atoms with E-state index in [1.807, 2.05) is 19.1 Å². The van der Waals surface area contributed by atoms with Gasteiger partial charge in [-0.3, -0.25) is 4.72 Å². The fourth-order valence-corrected chi connectivity index (χ4v) is 2.84. The summed E-state index contributed by atoms with van der Waals surface area (Å²) in [5.41, 5.74) is 3.82. The van der Waals surface area contributed by atoms with Crippen LogP contribution >= 0.6 is 0 Å². The summed E-state index contributed by atoms with van der Waals surface area (Å²) in [6.45, 7) is 6.34. The molecule has 2 N–H and O–H groups in total. The molecule has 0 aliphatic heterocycles. The van der Waals surface area contributed by atoms with Crippen LogP contribution in [0, 0.1) is 6.92 Å². The zero-order valence-corrected chi connectivity index (χ0v) is 15.5. The summed E-state index contributed by atoms with van der Waals surface area (Å²) >= 11 is 0. The molecule has 7 heteroatoms. The lowest BCUT2D eigenvalue weighted by atomic mass is 9.98. The van der Waals surface area contributed by atoms with E-state index < -0.39 is 10.2 Å². The highest BCUT2D eigenvalue weighted by Gasteiger charge is 2.13. The van der Waals surface area contributed by atoms with Gasteiger partial charge in [0, 0.05) is 19.8 Å². The van der Waals surface area contributed by atoms with Gasteiger partial charge in [0.2, 0.25) is 0 Å². The number of anilines is 3. The molecule has 1 heterocycles. The lowest BCUT2D eigenvalue weighted by Crippen LogP contribution is -2.28. The van der Waals surface area contributed by atoms with Crippen LogP contribution in [-0.2, 0) is 10.2 Å². The summed E-state index contributed by atoms with van der Waals surface area (Å²) in [7, 11) is -0.586. The van der Waals surface area contributed by atoms with Crippen LogP contribution in [0.2, 0.25) is 0 Å². The van der Waals surface area contributed by atoms with Crippen molar-refractivity contribution >= 4 is 27.4 Å². The van der Waals surface area contributed by atoms with Crippen LogP contribution in [0.5, 0.6) is 0 Å². The van der Waals surface area contributed by atoms with Crippen LogP contribution in [-0.4, -0.2) is 31.8 Å². The number of nitrogens with zero attached hydrogens (tertiary/aromatic N) is 2. The second-order valence-electron chi connectivity index (χ2n) is 6.14. The topological polar surface area (TPSA) is 74.3 Å². The Labute approximate surface area is 144 Å². The number of aromatic nitrogens is 1. The molecule has 0 aliphatic rings. The van der Waals surface area contributed by atoms with Gasteiger partial charge < -0.3 is 5.32 Å². The predicted molar refractivity (Wildman–Crippen MR) is 99.0 cm³/mol. The molecule has 6 nitrogen and oxygen atoms in total. The summed E-state index contributed by atoms with van der Waals surface area (Å²) in [5, 5.41) is 3.34. The van der Waals surface area contributed by atoms with E-state index in [1.165, 1.54) is 25.9 Å². The van der Waals surface area contributed by atoms with E-state index in [9.17, 15) is 8.42 Å². The highest BCUT2D eigenvalue weighted by Crippen LogP contribution is 2.29. The maximum atomic E-state index is 11.8. The van der Waals surface area contributed by atoms with Gasteiger partial charge in [-0.1, -0.05) is 32.0 Å². The largest absolute Gasteiger partial charge is 0.340 e. The molecule has 0 bridgehead atoms. The van der Waals surface area contributed by atoms with Crippen molar-refractivity contribution < 1.29 is 8.42 Å². The first-order chi connectivity index (χ1) is 11.2. The highest BCUT2D eigenvalue weighted by molar-refractivity contribution is 7.90. The molecule has 0 unspecified atom stereocenters. The van der Waals surface area contributed by atoms with Crippen LogP contribution in [0.4, 0.5) is 17.2 Å². The molecule has 0 fully saturated rings. The van der Waals surface area contributed by atoms with Gasteiger partial charge in [0.05, 0.1) is 11.9 Å². The van der Waals surface area contributed by atoms with Crippen molar-refractivity contribution in [3.63, 3.8) is 0 Å². The standard InChI is InChI=1S/C17H24N4O2S/c1-12(2)15-8-6-7-13(3)17(15)19-16-10-9-14(11-18-16)20-24(22,23)21(4)5/h6-12,20H,1-5H3,(H,18,19). The number of pyridine rings is 1. The van der Waals surface area contributed by atoms with Gasteiger partial charge in [0.15, 0.2) is 0 Å². The zero-order chi connectivity index (χ0) is 17.9. The van der Waals surface area contributed by atoms with Crippen LogP contribution in [0.25, 0.3) is 0 Å². The Balaban J connectivity index is 2.22. The Kier molecular flexibility index (Phi) is 5.46. The first-order valence-corrected chi connectivity index (χ1v) is 9.17. The normalized spacial score (nSPS) is 11.8. The molecule has 0 spiro atoms. The second-order valence-corrected chi connectivity index (χ2v) is 8.02. The van der Waals surface area contributed by atoms with E-state index in [0.717, 1.165) is 15.6 Å². The molecule has 0 amide bonds. The summed E-state index contributed by atoms with van der Waals surface area (Å²) in [6.07, 6.45) is 1.50. The molecular formula is C17H24N4O2S. The Bertz CT molecular complexity index is 800. The summed E-state index contributed by atoms with van der Waals surface area (Å²) in [4.78, 5) is 4.30. The molecule has 1 aromatic heterocycles. The molecule has 0 saturated carbocycles. The lowest BCUT2D eigenvalue weighted by Gasteiger charge is -2.17. The molecule has 0 atom stereocenters. The van der Waals surface area contributed by atoms with Crippen molar-refractivity contribution in [3.8, 4) is 0 Å². The average Bonchev–Trinajstić information content (AvgIpc) is 2.50. The van der Waals surface area contributed by atoms with Crippen molar-refractivity contribution in [2.75, 3.05) is 24.1 Å². The zero-order valence-electron chi connectivity index (χ0n) is 14.7. The minimum absolute atomic E-state index is 0.388. The van der Waals surface area contributed by atoms with Gasteiger partial charge >= 0.3 is 10.2 Å². The van der Waals surface area contributed by atoms with Crippen LogP contribution in [0.3, 0.4) is 0 Å². The third-order valence-electron chi connectivity index (χ3n) is 3.67. The summed E-state index contributed by atoms with van der Waals surface area (Å²) in [5.74, 6) is 1.05. The monoisotopic (exact) mass is 348 g/mol. The van der Waals surface area contributed by atoms with Gasteiger partial charge in [0.1, 0.15) is 5.82 Å². The Morgan fingerprint density at radius 3 is 2.38 bits per heavy atom. The van der Waals surface area contributed by atoms with E-state index >= 15 is 0 Å². The number of para-hydroxylation sites is 1. The molecule has 2 rings (SSSR count). The smallest absolute Gasteiger partial charge is 0.301 e. The Hall–Kier alpha value is -2.12. The summed E-state index contributed by atoms with van der Waals surface area (Å²) in [6, 6.07) is 9.63. The fourth-order valence-electron chi connectivity index (χ4n) is 2.24. The minimum Gasteiger partial charge on any atom is -0.340 e. The number of hydrogen-bond donors (Lipinski definition) is 2. The molecular weight excluding hydrogens is 324 g/mol. The van der Waals surface area contributed by atoms with Crippen molar-refractivity contribution in [1.82, 2.24) is 9.29 Å². The van der Waals surface area contributed by atoms with Crippen LogP contribution in [0.15, 0.2) is 36.5 Å². The lowest BCUT2D eigenvalue weighted by molar-refractivity contribution is 0.527. The van der Waals surface area contributed by atoms with Crippen molar-refractivity contribution in [3.05, 3.63) is 47.7 Å². The molecule has 24 heavy (non-hydrogen) atoms. The van der Waals surface area contributed by atoms with Gasteiger partial charge in [-0.25, -0.2) is 4.98 Å². The molecule has 1 aromatic carbocycles. The van der Waals surface area contributed by atoms with Gasteiger partial charge in [-0.15, -0.1) is 0 Å². The SMILES string of the molecule is Cc1cccc(C(C)C)c1Nc1ccc(NS(=O)(=O)N(C)C)cn1. The van der Waals surface area contributed by atoms with Gasteiger partial charge in [-0.2, -0.15) is 12.7 Å². The average molecular weight is 348 g/mol. The first kappa shape index (κ1) is 18.2. The Morgan fingerprint density at radius 2 is 1.83 bits per heavy atom. The van der Waals surface area contributed by atoms with E-state index in [-0.39, 0.29) is 0 Å². The van der Waals surface area contributed by atoms with Gasteiger partial charge in [-0.05, 0) is 36.1 Å². The van der Waals surface area contributed by atoms with E-state index in [4.69, 9.17) is 0 Å². The molecule has 0 radical (unpaired) electrons. The third kappa shape index (κ3) is 4.24. The highest BCUT2D eigenvalue weighted by atomic mass is 32.2. The maximum absolute atomic E-state index is 11.8. The van der Waals surface area contributed by atoms with Crippen molar-refractivity contribution in [1.29, 1.82) is 0 Å². The van der Waals surface area contributed by atoms with E-state index in [0.29, 0.717) is 17.4 Å². The minimum atomic E-state index is -3.52. The number of rotatable bonds is 6. The molecule has 2 aromatic rings. The predicted octanol–water partition coefficient (Wildman–Crippen LogP) is 3.48. The number of hydrogen-bond acceptors (Lipinski definition) is 4. The van der Waals surface area contributed by atoms with E-state index in [2.05, 4.69) is 34.9 Å². The fraction of sp³-hybridized carbons (Fsp3) is 0.353. The van der Waals surface area contributed by atoms with Gasteiger partial charge in [0.25, 0.3) is 0 Å². The van der Waals surface area contributed by atoms with Crippen LogP contribution in [0.1, 0.15) is 30.9 Å². The number of nitrogens with one attached hydrogen (secondary N) is 2. The van der Waals surface area contributed by atoms with Crippen LogP contribution < -0.4 is 10.0 Å². The first-order valence-electron chi connectivity index (χ1n) is 7.73. The van der Waals surface area contributed by atoms with Crippen molar-refractivity contribution in [2.45, 2.75) is 26.7 Å².